The number of rotatable bonds is 6. The van der Waals surface area contributed by atoms with Gasteiger partial charge in [0.2, 0.25) is 5.91 Å². The van der Waals surface area contributed by atoms with Crippen molar-refractivity contribution in [2.24, 2.45) is 11.8 Å². The average Bonchev–Trinajstić information content (AvgIpc) is 3.29. The molecule has 3 unspecified atom stereocenters. The number of amides is 1. The first-order chi connectivity index (χ1) is 13.8. The van der Waals surface area contributed by atoms with Crippen LogP contribution >= 0.6 is 15.9 Å². The lowest BCUT2D eigenvalue weighted by Crippen LogP contribution is -2.46. The van der Waals surface area contributed by atoms with Crippen LogP contribution in [0.4, 0.5) is 5.69 Å². The van der Waals surface area contributed by atoms with Gasteiger partial charge in [-0.2, -0.15) is 0 Å². The summed E-state index contributed by atoms with van der Waals surface area (Å²) in [4.78, 5) is 13.0. The van der Waals surface area contributed by atoms with Crippen molar-refractivity contribution in [3.8, 4) is 0 Å². The topological polar surface area (TPSA) is 66.5 Å². The number of hydrogen-bond donors (Lipinski definition) is 1. The lowest BCUT2D eigenvalue weighted by Gasteiger charge is -2.27. The molecule has 2 aliphatic carbocycles. The molecule has 0 saturated heterocycles. The summed E-state index contributed by atoms with van der Waals surface area (Å²) in [6.45, 7) is 1.67. The predicted octanol–water partition coefficient (Wildman–Crippen LogP) is 4.26. The molecule has 0 spiro atoms. The Kier molecular flexibility index (Phi) is 5.71. The third-order valence-electron chi connectivity index (χ3n) is 6.08. The minimum absolute atomic E-state index is 0.174. The van der Waals surface area contributed by atoms with Gasteiger partial charge in [0.05, 0.1) is 10.6 Å². The van der Waals surface area contributed by atoms with Crippen molar-refractivity contribution in [1.82, 2.24) is 5.32 Å². The SMILES string of the molecule is Cc1ccc(S(=O)(=O)N(CC(=O)NC2CC3CCC2C3)c2cccc(Br)c2)cc1. The molecule has 5 nitrogen and oxygen atoms in total. The van der Waals surface area contributed by atoms with Gasteiger partial charge in [-0.1, -0.05) is 46.1 Å². The summed E-state index contributed by atoms with van der Waals surface area (Å²) >= 11 is 3.40. The molecular weight excluding hydrogens is 452 g/mol. The monoisotopic (exact) mass is 476 g/mol. The van der Waals surface area contributed by atoms with Crippen LogP contribution < -0.4 is 9.62 Å². The average molecular weight is 477 g/mol. The zero-order valence-electron chi connectivity index (χ0n) is 16.3. The molecule has 0 aliphatic heterocycles. The van der Waals surface area contributed by atoms with Gasteiger partial charge in [0.15, 0.2) is 0 Å². The maximum atomic E-state index is 13.4. The first kappa shape index (κ1) is 20.4. The predicted molar refractivity (Wildman–Crippen MR) is 117 cm³/mol. The Bertz CT molecular complexity index is 1010. The van der Waals surface area contributed by atoms with Crippen LogP contribution in [-0.2, 0) is 14.8 Å². The molecule has 154 valence electrons. The smallest absolute Gasteiger partial charge is 0.264 e. The van der Waals surface area contributed by atoms with E-state index < -0.39 is 10.0 Å². The van der Waals surface area contributed by atoms with Gasteiger partial charge in [-0.15, -0.1) is 0 Å². The van der Waals surface area contributed by atoms with Crippen LogP contribution in [0.3, 0.4) is 0 Å². The van der Waals surface area contributed by atoms with E-state index >= 15 is 0 Å². The van der Waals surface area contributed by atoms with E-state index in [9.17, 15) is 13.2 Å². The Morgan fingerprint density at radius 3 is 2.52 bits per heavy atom. The minimum atomic E-state index is -3.87. The number of aryl methyl sites for hydroxylation is 1. The molecule has 4 rings (SSSR count). The van der Waals surface area contributed by atoms with Gasteiger partial charge < -0.3 is 5.32 Å². The molecule has 2 saturated carbocycles. The molecule has 29 heavy (non-hydrogen) atoms. The maximum Gasteiger partial charge on any atom is 0.264 e. The highest BCUT2D eigenvalue weighted by atomic mass is 79.9. The van der Waals surface area contributed by atoms with Crippen molar-refractivity contribution in [2.45, 2.75) is 43.5 Å². The highest BCUT2D eigenvalue weighted by Gasteiger charge is 2.40. The molecule has 2 aromatic carbocycles. The van der Waals surface area contributed by atoms with E-state index in [-0.39, 0.29) is 23.4 Å². The Morgan fingerprint density at radius 1 is 1.14 bits per heavy atom. The quantitative estimate of drug-likeness (QED) is 0.677. The van der Waals surface area contributed by atoms with Gasteiger partial charge in [-0.25, -0.2) is 8.42 Å². The number of sulfonamides is 1. The van der Waals surface area contributed by atoms with Gasteiger partial charge in [0, 0.05) is 10.5 Å². The van der Waals surface area contributed by atoms with E-state index in [1.54, 1.807) is 42.5 Å². The Morgan fingerprint density at radius 2 is 1.90 bits per heavy atom. The number of fused-ring (bicyclic) bond motifs is 2. The minimum Gasteiger partial charge on any atom is -0.352 e. The van der Waals surface area contributed by atoms with Crippen LogP contribution in [-0.4, -0.2) is 26.9 Å². The van der Waals surface area contributed by atoms with Crippen LogP contribution in [0.15, 0.2) is 57.9 Å². The van der Waals surface area contributed by atoms with E-state index in [1.807, 2.05) is 13.0 Å². The van der Waals surface area contributed by atoms with Crippen LogP contribution in [0.1, 0.15) is 31.2 Å². The Hall–Kier alpha value is -1.86. The largest absolute Gasteiger partial charge is 0.352 e. The van der Waals surface area contributed by atoms with Crippen molar-refractivity contribution in [1.29, 1.82) is 0 Å². The molecule has 1 N–H and O–H groups in total. The number of anilines is 1. The van der Waals surface area contributed by atoms with Crippen molar-refractivity contribution in [3.63, 3.8) is 0 Å². The third kappa shape index (κ3) is 4.36. The zero-order chi connectivity index (χ0) is 20.6. The zero-order valence-corrected chi connectivity index (χ0v) is 18.7. The fourth-order valence-corrected chi connectivity index (χ4v) is 6.39. The molecule has 0 heterocycles. The summed E-state index contributed by atoms with van der Waals surface area (Å²) in [6, 6.07) is 13.9. The van der Waals surface area contributed by atoms with Gasteiger partial charge in [0.1, 0.15) is 6.54 Å². The maximum absolute atomic E-state index is 13.4. The molecule has 7 heteroatoms. The molecule has 0 aromatic heterocycles. The van der Waals surface area contributed by atoms with E-state index in [1.165, 1.54) is 17.1 Å². The number of halogens is 1. The fourth-order valence-electron chi connectivity index (χ4n) is 4.59. The van der Waals surface area contributed by atoms with Crippen LogP contribution in [0, 0.1) is 18.8 Å². The first-order valence-electron chi connectivity index (χ1n) is 9.97. The van der Waals surface area contributed by atoms with Crippen molar-refractivity contribution in [2.75, 3.05) is 10.8 Å². The van der Waals surface area contributed by atoms with Crippen LogP contribution in [0.5, 0.6) is 0 Å². The molecule has 2 aromatic rings. The highest BCUT2D eigenvalue weighted by molar-refractivity contribution is 9.10. The lowest BCUT2D eigenvalue weighted by molar-refractivity contribution is -0.120. The summed E-state index contributed by atoms with van der Waals surface area (Å²) in [7, 11) is -3.87. The summed E-state index contributed by atoms with van der Waals surface area (Å²) in [5.74, 6) is 0.998. The third-order valence-corrected chi connectivity index (χ3v) is 8.36. The van der Waals surface area contributed by atoms with Gasteiger partial charge in [-0.05, 0) is 68.4 Å². The van der Waals surface area contributed by atoms with E-state index in [0.29, 0.717) is 17.5 Å². The summed E-state index contributed by atoms with van der Waals surface area (Å²) < 4.78 is 28.7. The Balaban J connectivity index is 1.60. The molecule has 2 fully saturated rings. The number of benzene rings is 2. The van der Waals surface area contributed by atoms with Crippen molar-refractivity contribution in [3.05, 3.63) is 58.6 Å². The number of nitrogens with one attached hydrogen (secondary N) is 1. The second-order valence-corrected chi connectivity index (χ2v) is 10.9. The molecule has 2 aliphatic rings. The molecule has 3 atom stereocenters. The molecule has 1 amide bonds. The molecule has 0 radical (unpaired) electrons. The molecular formula is C22H25BrN2O3S. The number of carbonyl (C=O) groups excluding carboxylic acids is 1. The van der Waals surface area contributed by atoms with Gasteiger partial charge >= 0.3 is 0 Å². The van der Waals surface area contributed by atoms with Gasteiger partial charge in [0.25, 0.3) is 10.0 Å². The second kappa shape index (κ2) is 8.11. The number of nitrogens with zero attached hydrogens (tertiary/aromatic N) is 1. The summed E-state index contributed by atoms with van der Waals surface area (Å²) in [5, 5.41) is 3.10. The second-order valence-electron chi connectivity index (χ2n) is 8.15. The lowest BCUT2D eigenvalue weighted by atomic mass is 9.95. The van der Waals surface area contributed by atoms with E-state index in [4.69, 9.17) is 0 Å². The van der Waals surface area contributed by atoms with Gasteiger partial charge in [-0.3, -0.25) is 9.10 Å². The highest BCUT2D eigenvalue weighted by Crippen LogP contribution is 2.44. The standard InChI is InChI=1S/C22H25BrN2O3S/c1-15-5-9-20(10-6-15)29(27,28)25(19-4-2-3-18(23)13-19)14-22(26)24-21-12-16-7-8-17(21)11-16/h2-6,9-10,13,16-17,21H,7-8,11-12,14H2,1H3,(H,24,26). The first-order valence-corrected chi connectivity index (χ1v) is 12.2. The van der Waals surface area contributed by atoms with Crippen LogP contribution in [0.2, 0.25) is 0 Å². The normalized spacial score (nSPS) is 23.2. The van der Waals surface area contributed by atoms with Crippen molar-refractivity contribution < 1.29 is 13.2 Å². The van der Waals surface area contributed by atoms with E-state index in [2.05, 4.69) is 21.2 Å². The molecule has 2 bridgehead atoms. The van der Waals surface area contributed by atoms with Crippen molar-refractivity contribution >= 4 is 37.5 Å². The Labute approximate surface area is 180 Å². The summed E-state index contributed by atoms with van der Waals surface area (Å²) in [5.41, 5.74) is 1.44. The van der Waals surface area contributed by atoms with Crippen LogP contribution in [0.25, 0.3) is 0 Å². The fraction of sp³-hybridized carbons (Fsp3) is 0.409. The summed E-state index contributed by atoms with van der Waals surface area (Å²) in [6.07, 6.45) is 4.61. The number of carbonyl (C=O) groups is 1. The van der Waals surface area contributed by atoms with E-state index in [0.717, 1.165) is 22.9 Å². The number of hydrogen-bond acceptors (Lipinski definition) is 3.